The molecule has 0 spiro atoms. The highest BCUT2D eigenvalue weighted by atomic mass is 32.1. The second-order valence-electron chi connectivity index (χ2n) is 8.41. The van der Waals surface area contributed by atoms with Gasteiger partial charge >= 0.3 is 0 Å². The molecule has 1 aliphatic rings. The van der Waals surface area contributed by atoms with Crippen LogP contribution in [0.2, 0.25) is 0 Å². The average Bonchev–Trinajstić information content (AvgIpc) is 3.38. The third-order valence-electron chi connectivity index (χ3n) is 6.05. The van der Waals surface area contributed by atoms with Crippen molar-refractivity contribution >= 4 is 43.6 Å². The van der Waals surface area contributed by atoms with Gasteiger partial charge < -0.3 is 4.42 Å². The van der Waals surface area contributed by atoms with Crippen LogP contribution in [0.1, 0.15) is 53.1 Å². The molecule has 2 aromatic carbocycles. The Balaban J connectivity index is 1.60. The second-order valence-corrected chi connectivity index (χ2v) is 9.42. The van der Waals surface area contributed by atoms with Gasteiger partial charge in [-0.2, -0.15) is 0 Å². The molecule has 0 aliphatic carbocycles. The van der Waals surface area contributed by atoms with E-state index in [-0.39, 0.29) is 17.1 Å². The maximum atomic E-state index is 13.7. The first kappa shape index (κ1) is 19.8. The van der Waals surface area contributed by atoms with Crippen LogP contribution in [0, 0.1) is 0 Å². The zero-order chi connectivity index (χ0) is 22.7. The van der Waals surface area contributed by atoms with E-state index in [0.29, 0.717) is 27.6 Å². The van der Waals surface area contributed by atoms with E-state index < -0.39 is 6.04 Å². The summed E-state index contributed by atoms with van der Waals surface area (Å²) in [5, 5.41) is 0.977. The number of hydrogen-bond acceptors (Lipinski definition) is 6. The number of carbonyl (C=O) groups excluding carboxylic acids is 1. The molecule has 1 unspecified atom stereocenters. The first-order chi connectivity index (χ1) is 16.0. The molecule has 6 nitrogen and oxygen atoms in total. The maximum Gasteiger partial charge on any atom is 0.297 e. The largest absolute Gasteiger partial charge is 0.450 e. The summed E-state index contributed by atoms with van der Waals surface area (Å²) < 4.78 is 6.99. The van der Waals surface area contributed by atoms with Gasteiger partial charge in [0.15, 0.2) is 10.6 Å². The number of fused-ring (bicyclic) bond motifs is 3. The lowest BCUT2D eigenvalue weighted by molar-refractivity contribution is 0.0971. The third kappa shape index (κ3) is 3.00. The summed E-state index contributed by atoms with van der Waals surface area (Å²) in [6, 6.07) is 16.2. The van der Waals surface area contributed by atoms with Gasteiger partial charge in [-0.1, -0.05) is 49.4 Å². The van der Waals surface area contributed by atoms with Gasteiger partial charge in [-0.3, -0.25) is 19.5 Å². The van der Waals surface area contributed by atoms with E-state index in [1.165, 1.54) is 16.9 Å². The summed E-state index contributed by atoms with van der Waals surface area (Å²) in [5.74, 6) is 0.0783. The van der Waals surface area contributed by atoms with E-state index in [4.69, 9.17) is 9.40 Å². The van der Waals surface area contributed by atoms with Crippen molar-refractivity contribution in [2.45, 2.75) is 25.8 Å². The van der Waals surface area contributed by atoms with E-state index in [2.05, 4.69) is 31.0 Å². The maximum absolute atomic E-state index is 13.7. The van der Waals surface area contributed by atoms with Crippen LogP contribution in [-0.4, -0.2) is 15.9 Å². The molecule has 5 aromatic rings. The van der Waals surface area contributed by atoms with Crippen molar-refractivity contribution in [3.63, 3.8) is 0 Å². The lowest BCUT2D eigenvalue weighted by Crippen LogP contribution is -2.29. The van der Waals surface area contributed by atoms with Gasteiger partial charge in [-0.25, -0.2) is 4.98 Å². The van der Waals surface area contributed by atoms with Gasteiger partial charge in [0.1, 0.15) is 5.58 Å². The molecule has 3 aromatic heterocycles. The molecule has 162 valence electrons. The molecule has 0 saturated heterocycles. The fourth-order valence-corrected chi connectivity index (χ4v) is 5.40. The minimum atomic E-state index is -0.660. The van der Waals surface area contributed by atoms with E-state index in [1.54, 1.807) is 47.6 Å². The molecule has 6 rings (SSSR count). The molecule has 1 amide bonds. The summed E-state index contributed by atoms with van der Waals surface area (Å²) >= 11 is 1.44. The zero-order valence-electron chi connectivity index (χ0n) is 18.0. The smallest absolute Gasteiger partial charge is 0.297 e. The van der Waals surface area contributed by atoms with Crippen LogP contribution in [-0.2, 0) is 0 Å². The van der Waals surface area contributed by atoms with Crippen LogP contribution in [0.15, 0.2) is 76.2 Å². The van der Waals surface area contributed by atoms with Crippen LogP contribution < -0.4 is 10.3 Å². The summed E-state index contributed by atoms with van der Waals surface area (Å²) in [6.07, 6.45) is 3.35. The number of carbonyl (C=O) groups is 1. The first-order valence-electron chi connectivity index (χ1n) is 10.7. The van der Waals surface area contributed by atoms with Crippen molar-refractivity contribution in [1.29, 1.82) is 0 Å². The number of thiazole rings is 1. The van der Waals surface area contributed by atoms with Gasteiger partial charge in [0.25, 0.3) is 5.91 Å². The fourth-order valence-electron chi connectivity index (χ4n) is 4.36. The summed E-state index contributed by atoms with van der Waals surface area (Å²) in [5.41, 5.74) is 3.27. The van der Waals surface area contributed by atoms with E-state index in [1.807, 2.05) is 12.1 Å². The standard InChI is InChI=1S/C26H19N3O3S/c1-14(2)15-9-10-18-20(12-15)33-26(28-18)29-22(16-6-5-11-27-13-16)21-23(30)17-7-3-4-8-19(17)32-24(21)25(29)31/h3-14,22H,1-2H3. The summed E-state index contributed by atoms with van der Waals surface area (Å²) in [7, 11) is 0. The third-order valence-corrected chi connectivity index (χ3v) is 7.07. The van der Waals surface area contributed by atoms with Crippen LogP contribution in [0.25, 0.3) is 21.2 Å². The quantitative estimate of drug-likeness (QED) is 0.352. The molecule has 0 saturated carbocycles. The van der Waals surface area contributed by atoms with Crippen molar-refractivity contribution in [3.8, 4) is 0 Å². The SMILES string of the molecule is CC(C)c1ccc2nc(N3C(=O)c4oc5ccccc5c(=O)c4C3c3cccnc3)sc2c1. The molecule has 33 heavy (non-hydrogen) atoms. The number of amides is 1. The Kier molecular flexibility index (Phi) is 4.41. The lowest BCUT2D eigenvalue weighted by Gasteiger charge is -2.22. The van der Waals surface area contributed by atoms with Gasteiger partial charge in [0, 0.05) is 12.4 Å². The van der Waals surface area contributed by atoms with Crippen molar-refractivity contribution in [1.82, 2.24) is 9.97 Å². The van der Waals surface area contributed by atoms with Crippen molar-refractivity contribution < 1.29 is 9.21 Å². The minimum absolute atomic E-state index is 0.0645. The van der Waals surface area contributed by atoms with Crippen molar-refractivity contribution in [2.75, 3.05) is 4.90 Å². The number of anilines is 1. The number of pyridine rings is 1. The number of para-hydroxylation sites is 1. The molecule has 0 radical (unpaired) electrons. The Morgan fingerprint density at radius 3 is 2.70 bits per heavy atom. The average molecular weight is 454 g/mol. The normalized spacial score (nSPS) is 15.7. The van der Waals surface area contributed by atoms with Crippen LogP contribution in [0.5, 0.6) is 0 Å². The second kappa shape index (κ2) is 7.35. The molecule has 1 aliphatic heterocycles. The number of benzene rings is 2. The van der Waals surface area contributed by atoms with Gasteiger partial charge in [-0.15, -0.1) is 0 Å². The Morgan fingerprint density at radius 2 is 1.91 bits per heavy atom. The van der Waals surface area contributed by atoms with Crippen LogP contribution in [0.4, 0.5) is 5.13 Å². The summed E-state index contributed by atoms with van der Waals surface area (Å²) in [6.45, 7) is 4.29. The fraction of sp³-hybridized carbons (Fsp3) is 0.154. The minimum Gasteiger partial charge on any atom is -0.450 e. The molecule has 0 fully saturated rings. The number of rotatable bonds is 3. The van der Waals surface area contributed by atoms with E-state index >= 15 is 0 Å². The van der Waals surface area contributed by atoms with E-state index in [9.17, 15) is 9.59 Å². The Hall–Kier alpha value is -3.84. The van der Waals surface area contributed by atoms with Gasteiger partial charge in [0.05, 0.1) is 27.2 Å². The number of aromatic nitrogens is 2. The summed E-state index contributed by atoms with van der Waals surface area (Å²) in [4.78, 5) is 37.8. The molecule has 1 atom stereocenters. The highest BCUT2D eigenvalue weighted by Crippen LogP contribution is 2.43. The van der Waals surface area contributed by atoms with Crippen molar-refractivity contribution in [3.05, 3.63) is 99.7 Å². The highest BCUT2D eigenvalue weighted by molar-refractivity contribution is 7.22. The molecule has 7 heteroatoms. The molecule has 4 heterocycles. The predicted octanol–water partition coefficient (Wildman–Crippen LogP) is 5.67. The monoisotopic (exact) mass is 453 g/mol. The molecule has 0 bridgehead atoms. The first-order valence-corrected chi connectivity index (χ1v) is 11.5. The van der Waals surface area contributed by atoms with E-state index in [0.717, 1.165) is 15.8 Å². The zero-order valence-corrected chi connectivity index (χ0v) is 18.8. The Bertz CT molecular complexity index is 1600. The molecular weight excluding hydrogens is 434 g/mol. The Morgan fingerprint density at radius 1 is 1.06 bits per heavy atom. The number of hydrogen-bond donors (Lipinski definition) is 0. The van der Waals surface area contributed by atoms with Crippen LogP contribution in [0.3, 0.4) is 0 Å². The Labute approximate surface area is 193 Å². The topological polar surface area (TPSA) is 76.3 Å². The van der Waals surface area contributed by atoms with Gasteiger partial charge in [-0.05, 0) is 47.4 Å². The lowest BCUT2D eigenvalue weighted by atomic mass is 10.0. The highest BCUT2D eigenvalue weighted by Gasteiger charge is 2.45. The molecular formula is C26H19N3O3S. The van der Waals surface area contributed by atoms with Gasteiger partial charge in [0.2, 0.25) is 5.76 Å². The molecule has 0 N–H and O–H groups in total. The number of nitrogens with zero attached hydrogens (tertiary/aromatic N) is 3. The van der Waals surface area contributed by atoms with Crippen LogP contribution >= 0.6 is 11.3 Å². The van der Waals surface area contributed by atoms with Crippen molar-refractivity contribution in [2.24, 2.45) is 0 Å². The predicted molar refractivity (Wildman–Crippen MR) is 129 cm³/mol.